The fourth-order valence-corrected chi connectivity index (χ4v) is 4.18. The minimum atomic E-state index is -0.508. The number of hydrogen-bond acceptors (Lipinski definition) is 4. The molecule has 1 rings (SSSR count). The topological polar surface area (TPSA) is 69.6 Å². The van der Waals surface area contributed by atoms with E-state index in [1.54, 1.807) is 16.7 Å². The van der Waals surface area contributed by atoms with Crippen molar-refractivity contribution in [1.29, 1.82) is 0 Å². The Hall–Kier alpha value is -0.750. The predicted molar refractivity (Wildman–Crippen MR) is 67.5 cm³/mol. The summed E-state index contributed by atoms with van der Waals surface area (Å²) in [5.41, 5.74) is 0. The molecule has 1 fully saturated rings. The molecule has 0 aromatic heterocycles. The number of nitrogens with one attached hydrogen (secondary N) is 1. The summed E-state index contributed by atoms with van der Waals surface area (Å²) < 4.78 is -0.343. The average molecular weight is 260 g/mol. The molecule has 2 N–H and O–H groups in total. The van der Waals surface area contributed by atoms with Gasteiger partial charge in [0, 0.05) is 11.3 Å². The van der Waals surface area contributed by atoms with E-state index in [9.17, 15) is 9.59 Å². The van der Waals surface area contributed by atoms with E-state index in [4.69, 9.17) is 5.11 Å². The zero-order valence-corrected chi connectivity index (χ0v) is 11.5. The maximum atomic E-state index is 12.0. The maximum absolute atomic E-state index is 12.0. The van der Waals surface area contributed by atoms with Crippen LogP contribution in [0.2, 0.25) is 0 Å². The molecule has 0 radical (unpaired) electrons. The first-order chi connectivity index (χ1) is 7.76. The van der Waals surface area contributed by atoms with Gasteiger partial charge < -0.3 is 15.3 Å². The molecule has 0 aromatic rings. The number of rotatable bonds is 4. The summed E-state index contributed by atoms with van der Waals surface area (Å²) in [5, 5.41) is 11.3. The van der Waals surface area contributed by atoms with Crippen LogP contribution in [-0.2, 0) is 9.59 Å². The highest BCUT2D eigenvalue weighted by Crippen LogP contribution is 2.49. The molecule has 17 heavy (non-hydrogen) atoms. The number of aliphatic hydroxyl groups excluding tert-OH is 1. The second-order valence-electron chi connectivity index (χ2n) is 5.08. The molecule has 0 saturated carbocycles. The number of thioether (sulfide) groups is 1. The van der Waals surface area contributed by atoms with Gasteiger partial charge in [0.1, 0.15) is 6.04 Å². The molecule has 1 saturated heterocycles. The van der Waals surface area contributed by atoms with Crippen LogP contribution in [0.4, 0.5) is 0 Å². The fourth-order valence-electron chi connectivity index (χ4n) is 2.30. The second kappa shape index (κ2) is 4.86. The van der Waals surface area contributed by atoms with Gasteiger partial charge in [0.15, 0.2) is 0 Å². The third kappa shape index (κ3) is 2.74. The standard InChI is InChI=1S/C11H20N2O3S/c1-10(2)8(9(16)12-5-6-14)13(7-15)11(3,4)17-10/h7-8,14H,5-6H2,1-4H3,(H,12,16). The van der Waals surface area contributed by atoms with E-state index in [0.29, 0.717) is 0 Å². The molecule has 0 aliphatic carbocycles. The lowest BCUT2D eigenvalue weighted by Gasteiger charge is -2.31. The molecule has 98 valence electrons. The van der Waals surface area contributed by atoms with Gasteiger partial charge in [-0.2, -0.15) is 0 Å². The lowest BCUT2D eigenvalue weighted by atomic mass is 10.00. The van der Waals surface area contributed by atoms with E-state index >= 15 is 0 Å². The number of amides is 2. The summed E-state index contributed by atoms with van der Waals surface area (Å²) in [5.74, 6) is -0.214. The molecule has 1 unspecified atom stereocenters. The lowest BCUT2D eigenvalue weighted by molar-refractivity contribution is -0.135. The molecule has 1 atom stereocenters. The van der Waals surface area contributed by atoms with E-state index in [-0.39, 0.29) is 23.8 Å². The Labute approximate surface area is 106 Å². The van der Waals surface area contributed by atoms with Crippen LogP contribution in [0.3, 0.4) is 0 Å². The van der Waals surface area contributed by atoms with Gasteiger partial charge in [-0.1, -0.05) is 0 Å². The van der Waals surface area contributed by atoms with Crippen LogP contribution < -0.4 is 5.32 Å². The molecular formula is C11H20N2O3S. The normalized spacial score (nSPS) is 25.7. The Morgan fingerprint density at radius 3 is 2.53 bits per heavy atom. The van der Waals surface area contributed by atoms with Crippen LogP contribution in [0.15, 0.2) is 0 Å². The highest BCUT2D eigenvalue weighted by atomic mass is 32.2. The summed E-state index contributed by atoms with van der Waals surface area (Å²) in [6.45, 7) is 7.86. The maximum Gasteiger partial charge on any atom is 0.244 e. The highest BCUT2D eigenvalue weighted by molar-refractivity contribution is 8.02. The average Bonchev–Trinajstić information content (AvgIpc) is 2.38. The van der Waals surface area contributed by atoms with E-state index in [2.05, 4.69) is 5.32 Å². The highest BCUT2D eigenvalue weighted by Gasteiger charge is 2.54. The third-order valence-electron chi connectivity index (χ3n) is 2.84. The van der Waals surface area contributed by atoms with Crippen molar-refractivity contribution in [3.63, 3.8) is 0 Å². The van der Waals surface area contributed by atoms with Crippen molar-refractivity contribution < 1.29 is 14.7 Å². The zero-order chi connectivity index (χ0) is 13.3. The molecule has 2 amide bonds. The fraction of sp³-hybridized carbons (Fsp3) is 0.818. The van der Waals surface area contributed by atoms with E-state index in [1.165, 1.54) is 0 Å². The van der Waals surface area contributed by atoms with Crippen LogP contribution in [0.1, 0.15) is 27.7 Å². The predicted octanol–water partition coefficient (Wildman–Crippen LogP) is 0.183. The summed E-state index contributed by atoms with van der Waals surface area (Å²) in [7, 11) is 0. The Morgan fingerprint density at radius 2 is 2.06 bits per heavy atom. The summed E-state index contributed by atoms with van der Waals surface area (Å²) in [6, 6.07) is -0.508. The van der Waals surface area contributed by atoms with Crippen LogP contribution >= 0.6 is 11.8 Å². The molecule has 0 bridgehead atoms. The van der Waals surface area contributed by atoms with Crippen molar-refractivity contribution in [2.24, 2.45) is 0 Å². The minimum Gasteiger partial charge on any atom is -0.395 e. The second-order valence-corrected chi connectivity index (χ2v) is 7.34. The van der Waals surface area contributed by atoms with Gasteiger partial charge in [0.2, 0.25) is 12.3 Å². The number of carbonyl (C=O) groups excluding carboxylic acids is 2. The Morgan fingerprint density at radius 1 is 1.47 bits per heavy atom. The lowest BCUT2D eigenvalue weighted by Crippen LogP contribution is -2.54. The zero-order valence-electron chi connectivity index (χ0n) is 10.7. The molecule has 0 aromatic carbocycles. The van der Waals surface area contributed by atoms with Crippen molar-refractivity contribution in [2.45, 2.75) is 43.4 Å². The molecular weight excluding hydrogens is 240 g/mol. The Balaban J connectivity index is 2.94. The quantitative estimate of drug-likeness (QED) is 0.708. The SMILES string of the molecule is CC1(C)SC(C)(C)N(C=O)C1C(=O)NCCO. The van der Waals surface area contributed by atoms with Gasteiger partial charge in [-0.05, 0) is 27.7 Å². The van der Waals surface area contributed by atoms with E-state index < -0.39 is 10.9 Å². The number of nitrogens with zero attached hydrogens (tertiary/aromatic N) is 1. The van der Waals surface area contributed by atoms with Crippen molar-refractivity contribution >= 4 is 24.1 Å². The van der Waals surface area contributed by atoms with Gasteiger partial charge in [-0.15, -0.1) is 11.8 Å². The van der Waals surface area contributed by atoms with Crippen LogP contribution in [0, 0.1) is 0 Å². The van der Waals surface area contributed by atoms with Gasteiger partial charge in [0.05, 0.1) is 11.5 Å². The van der Waals surface area contributed by atoms with Crippen molar-refractivity contribution in [3.8, 4) is 0 Å². The van der Waals surface area contributed by atoms with Gasteiger partial charge in [-0.25, -0.2) is 0 Å². The van der Waals surface area contributed by atoms with Crippen molar-refractivity contribution in [1.82, 2.24) is 10.2 Å². The first-order valence-corrected chi connectivity index (χ1v) is 6.40. The summed E-state index contributed by atoms with van der Waals surface area (Å²) >= 11 is 1.60. The van der Waals surface area contributed by atoms with Crippen molar-refractivity contribution in [2.75, 3.05) is 13.2 Å². The molecule has 1 aliphatic rings. The first-order valence-electron chi connectivity index (χ1n) is 5.59. The van der Waals surface area contributed by atoms with E-state index in [1.807, 2.05) is 27.7 Å². The minimum absolute atomic E-state index is 0.101. The monoisotopic (exact) mass is 260 g/mol. The molecule has 1 heterocycles. The molecule has 1 aliphatic heterocycles. The summed E-state index contributed by atoms with van der Waals surface area (Å²) in [6.07, 6.45) is 0.727. The van der Waals surface area contributed by atoms with Crippen LogP contribution in [0.5, 0.6) is 0 Å². The molecule has 0 spiro atoms. The molecule has 6 heteroatoms. The first kappa shape index (κ1) is 14.3. The van der Waals surface area contributed by atoms with Crippen molar-refractivity contribution in [3.05, 3.63) is 0 Å². The summed E-state index contributed by atoms with van der Waals surface area (Å²) in [4.78, 5) is 24.4. The molecule has 5 nitrogen and oxygen atoms in total. The number of aliphatic hydroxyl groups is 1. The number of carbonyl (C=O) groups is 2. The Bertz CT molecular complexity index is 318. The largest absolute Gasteiger partial charge is 0.395 e. The van der Waals surface area contributed by atoms with E-state index in [0.717, 1.165) is 6.41 Å². The smallest absolute Gasteiger partial charge is 0.244 e. The third-order valence-corrected chi connectivity index (χ3v) is 4.30. The van der Waals surface area contributed by atoms with Gasteiger partial charge in [-0.3, -0.25) is 9.59 Å². The van der Waals surface area contributed by atoms with Gasteiger partial charge in [0.25, 0.3) is 0 Å². The van der Waals surface area contributed by atoms with Crippen LogP contribution in [0.25, 0.3) is 0 Å². The Kier molecular flexibility index (Phi) is 4.09. The van der Waals surface area contributed by atoms with Crippen LogP contribution in [-0.4, -0.2) is 51.1 Å². The number of hydrogen-bond donors (Lipinski definition) is 2. The van der Waals surface area contributed by atoms with Gasteiger partial charge >= 0.3 is 0 Å².